The van der Waals surface area contributed by atoms with Gasteiger partial charge in [0.2, 0.25) is 0 Å². The molecule has 33 heavy (non-hydrogen) atoms. The molecule has 1 aromatic carbocycles. The van der Waals surface area contributed by atoms with Gasteiger partial charge in [-0.25, -0.2) is 4.98 Å². The van der Waals surface area contributed by atoms with Gasteiger partial charge in [0.25, 0.3) is 11.8 Å². The number of nitrogens with zero attached hydrogens (tertiary/aromatic N) is 2. The minimum atomic E-state index is -0.267. The van der Waals surface area contributed by atoms with Crippen LogP contribution in [0.3, 0.4) is 0 Å². The van der Waals surface area contributed by atoms with E-state index in [-0.39, 0.29) is 24.5 Å². The van der Waals surface area contributed by atoms with Gasteiger partial charge < -0.3 is 25.0 Å². The number of unbranched alkanes of at least 4 members (excludes halogenated alkanes) is 1. The van der Waals surface area contributed by atoms with Crippen molar-refractivity contribution in [1.29, 1.82) is 0 Å². The summed E-state index contributed by atoms with van der Waals surface area (Å²) in [5, 5.41) is 15.5. The molecule has 2 heterocycles. The van der Waals surface area contributed by atoms with E-state index in [2.05, 4.69) is 10.6 Å². The van der Waals surface area contributed by atoms with Crippen molar-refractivity contribution in [3.05, 3.63) is 53.3 Å². The number of benzene rings is 1. The fourth-order valence-electron chi connectivity index (χ4n) is 3.64. The second kappa shape index (κ2) is 11.0. The van der Waals surface area contributed by atoms with Crippen LogP contribution in [0.4, 0.5) is 5.69 Å². The van der Waals surface area contributed by atoms with Gasteiger partial charge >= 0.3 is 0 Å². The topological polar surface area (TPSA) is 105 Å². The van der Waals surface area contributed by atoms with Crippen LogP contribution in [0.15, 0.2) is 36.4 Å². The van der Waals surface area contributed by atoms with E-state index in [4.69, 9.17) is 14.8 Å². The van der Waals surface area contributed by atoms with Crippen molar-refractivity contribution in [2.45, 2.75) is 46.1 Å². The van der Waals surface area contributed by atoms with Gasteiger partial charge in [-0.1, -0.05) is 25.1 Å². The molecule has 0 saturated heterocycles. The van der Waals surface area contributed by atoms with Crippen molar-refractivity contribution in [2.75, 3.05) is 18.5 Å². The van der Waals surface area contributed by atoms with Gasteiger partial charge in [-0.15, -0.1) is 0 Å². The molecule has 0 aliphatic heterocycles. The van der Waals surface area contributed by atoms with Crippen molar-refractivity contribution in [3.63, 3.8) is 0 Å². The number of hydrogen-bond donors (Lipinski definition) is 3. The maximum absolute atomic E-state index is 13.0. The lowest BCUT2D eigenvalue weighted by atomic mass is 10.1. The third kappa shape index (κ3) is 5.51. The lowest BCUT2D eigenvalue weighted by Crippen LogP contribution is -2.27. The van der Waals surface area contributed by atoms with Crippen LogP contribution < -0.4 is 15.4 Å². The van der Waals surface area contributed by atoms with Gasteiger partial charge in [-0.3, -0.25) is 9.59 Å². The lowest BCUT2D eigenvalue weighted by Gasteiger charge is -2.13. The number of rotatable bonds is 10. The number of carbonyl (C=O) groups is 2. The first-order chi connectivity index (χ1) is 15.9. The number of fused-ring (bicyclic) bond motifs is 1. The highest BCUT2D eigenvalue weighted by atomic mass is 16.5. The van der Waals surface area contributed by atoms with Gasteiger partial charge in [0.15, 0.2) is 11.4 Å². The van der Waals surface area contributed by atoms with Crippen LogP contribution in [0.5, 0.6) is 5.75 Å². The number of nitrogens with one attached hydrogen (secondary N) is 2. The van der Waals surface area contributed by atoms with Crippen molar-refractivity contribution in [2.24, 2.45) is 7.05 Å². The predicted octanol–water partition coefficient (Wildman–Crippen LogP) is 3.68. The minimum absolute atomic E-state index is 0.0901. The third-order valence-corrected chi connectivity index (χ3v) is 5.25. The highest BCUT2D eigenvalue weighted by Gasteiger charge is 2.25. The largest absolute Gasteiger partial charge is 0.488 e. The number of aryl methyl sites for hydroxylation is 2. The van der Waals surface area contributed by atoms with Crippen molar-refractivity contribution in [3.8, 4) is 5.75 Å². The molecule has 0 bridgehead atoms. The van der Waals surface area contributed by atoms with E-state index < -0.39 is 0 Å². The molecule has 0 saturated carbocycles. The summed E-state index contributed by atoms with van der Waals surface area (Å²) >= 11 is 0. The summed E-state index contributed by atoms with van der Waals surface area (Å²) in [6.45, 7) is 6.30. The Morgan fingerprint density at radius 2 is 1.88 bits per heavy atom. The third-order valence-electron chi connectivity index (χ3n) is 5.25. The number of ether oxygens (including phenoxy) is 1. The molecule has 3 rings (SSSR count). The molecule has 0 radical (unpaired) electrons. The molecule has 8 nitrogen and oxygen atoms in total. The Morgan fingerprint density at radius 1 is 1.15 bits per heavy atom. The molecule has 0 spiro atoms. The number of aromatic nitrogens is 2. The molecular formula is C25H32N4O4. The second-order valence-electron chi connectivity index (χ2n) is 8.12. The second-order valence-corrected chi connectivity index (χ2v) is 8.12. The molecule has 2 amide bonds. The zero-order valence-corrected chi connectivity index (χ0v) is 19.6. The smallest absolute Gasteiger partial charge is 0.271 e. The minimum Gasteiger partial charge on any atom is -0.488 e. The molecule has 2 aromatic heterocycles. The van der Waals surface area contributed by atoms with Gasteiger partial charge in [0.1, 0.15) is 5.65 Å². The van der Waals surface area contributed by atoms with E-state index >= 15 is 0 Å². The Morgan fingerprint density at radius 3 is 2.52 bits per heavy atom. The van der Waals surface area contributed by atoms with E-state index in [0.717, 1.165) is 5.69 Å². The number of anilines is 1. The van der Waals surface area contributed by atoms with Crippen LogP contribution >= 0.6 is 0 Å². The number of carbonyl (C=O) groups excluding carboxylic acids is 2. The van der Waals surface area contributed by atoms with E-state index in [1.165, 1.54) is 0 Å². The highest BCUT2D eigenvalue weighted by Crippen LogP contribution is 2.35. The zero-order valence-electron chi connectivity index (χ0n) is 19.6. The normalized spacial score (nSPS) is 11.1. The molecule has 0 unspecified atom stereocenters. The Balaban J connectivity index is 2.05. The Labute approximate surface area is 194 Å². The first-order valence-corrected chi connectivity index (χ1v) is 11.3. The number of aliphatic hydroxyl groups is 1. The van der Waals surface area contributed by atoms with E-state index in [1.807, 2.05) is 45.0 Å². The van der Waals surface area contributed by atoms with E-state index in [1.54, 1.807) is 23.7 Å². The van der Waals surface area contributed by atoms with Crippen molar-refractivity contribution >= 4 is 28.5 Å². The number of hydrogen-bond acceptors (Lipinski definition) is 5. The molecule has 0 atom stereocenters. The predicted molar refractivity (Wildman–Crippen MR) is 129 cm³/mol. The lowest BCUT2D eigenvalue weighted by molar-refractivity contribution is 0.0937. The summed E-state index contributed by atoms with van der Waals surface area (Å²) in [6.07, 6.45) is 1.75. The Bertz CT molecular complexity index is 1120. The Hall–Kier alpha value is -3.39. The summed E-state index contributed by atoms with van der Waals surface area (Å²) in [7, 11) is 1.78. The SMILES string of the molecule is CCc1nc2c(cc1NC(=O)c1ccccc1)c(OC(C)C)c(C(=O)NCCCCO)n2C. The quantitative estimate of drug-likeness (QED) is 0.407. The maximum Gasteiger partial charge on any atom is 0.271 e. The molecule has 0 fully saturated rings. The van der Waals surface area contributed by atoms with Crippen molar-refractivity contribution < 1.29 is 19.4 Å². The van der Waals surface area contributed by atoms with Crippen LogP contribution in [0.1, 0.15) is 60.2 Å². The molecule has 8 heteroatoms. The average Bonchev–Trinajstić information content (AvgIpc) is 3.06. The van der Waals surface area contributed by atoms with Gasteiger partial charge in [-0.05, 0) is 51.3 Å². The maximum atomic E-state index is 13.0. The number of amides is 2. The summed E-state index contributed by atoms with van der Waals surface area (Å²) in [5.41, 5.74) is 2.85. The zero-order chi connectivity index (χ0) is 24.0. The highest BCUT2D eigenvalue weighted by molar-refractivity contribution is 6.07. The first-order valence-electron chi connectivity index (χ1n) is 11.3. The van der Waals surface area contributed by atoms with Crippen molar-refractivity contribution in [1.82, 2.24) is 14.9 Å². The van der Waals surface area contributed by atoms with Crippen LogP contribution in [-0.2, 0) is 13.5 Å². The van der Waals surface area contributed by atoms with Gasteiger partial charge in [0, 0.05) is 25.8 Å². The van der Waals surface area contributed by atoms with Gasteiger partial charge in [0.05, 0.1) is 22.9 Å². The number of aliphatic hydroxyl groups excluding tert-OH is 1. The average molecular weight is 453 g/mol. The fourth-order valence-corrected chi connectivity index (χ4v) is 3.64. The molecule has 0 aliphatic rings. The molecule has 3 aromatic rings. The summed E-state index contributed by atoms with van der Waals surface area (Å²) in [6, 6.07) is 10.8. The fraction of sp³-hybridized carbons (Fsp3) is 0.400. The molecule has 176 valence electrons. The molecular weight excluding hydrogens is 420 g/mol. The van der Waals surface area contributed by atoms with Crippen LogP contribution in [0.2, 0.25) is 0 Å². The van der Waals surface area contributed by atoms with Gasteiger partial charge in [-0.2, -0.15) is 0 Å². The monoisotopic (exact) mass is 452 g/mol. The van der Waals surface area contributed by atoms with Crippen LogP contribution in [0, 0.1) is 0 Å². The first kappa shape index (κ1) is 24.3. The molecule has 0 aliphatic carbocycles. The summed E-state index contributed by atoms with van der Waals surface area (Å²) < 4.78 is 7.80. The van der Waals surface area contributed by atoms with E-state index in [0.29, 0.717) is 59.5 Å². The van der Waals surface area contributed by atoms with E-state index in [9.17, 15) is 9.59 Å². The standard InChI is InChI=1S/C25H32N4O4/c1-5-19-20(28-24(31)17-11-7-6-8-12-17)15-18-22(33-16(2)3)21(29(4)23(18)27-19)25(32)26-13-9-10-14-30/h6-8,11-12,15-16,30H,5,9-10,13-14H2,1-4H3,(H,26,32)(H,28,31). The Kier molecular flexibility index (Phi) is 8.06. The summed E-state index contributed by atoms with van der Waals surface area (Å²) in [5.74, 6) is -0.0555. The summed E-state index contributed by atoms with van der Waals surface area (Å²) in [4.78, 5) is 30.6. The van der Waals surface area contributed by atoms with Crippen LogP contribution in [-0.4, -0.2) is 45.7 Å². The number of pyridine rings is 1. The molecule has 3 N–H and O–H groups in total. The van der Waals surface area contributed by atoms with Crippen LogP contribution in [0.25, 0.3) is 11.0 Å².